The first-order valence-corrected chi connectivity index (χ1v) is 4.42. The Morgan fingerprint density at radius 3 is 3.07 bits per heavy atom. The highest BCUT2D eigenvalue weighted by Gasteiger charge is 2.14. The lowest BCUT2D eigenvalue weighted by Gasteiger charge is -2.08. The molecule has 1 atom stereocenters. The Labute approximate surface area is 81.9 Å². The maximum atomic E-state index is 11.2. The molecular formula is C8H14N4O2. The zero-order valence-electron chi connectivity index (χ0n) is 8.27. The molecule has 0 fully saturated rings. The van der Waals surface area contributed by atoms with Crippen LogP contribution in [0.2, 0.25) is 0 Å². The fourth-order valence-corrected chi connectivity index (χ4v) is 1.06. The lowest BCUT2D eigenvalue weighted by molar-refractivity contribution is -0.123. The van der Waals surface area contributed by atoms with E-state index in [0.29, 0.717) is 12.1 Å². The lowest BCUT2D eigenvalue weighted by atomic mass is 10.3. The molecule has 0 aromatic carbocycles. The zero-order chi connectivity index (χ0) is 10.6. The Kier molecular flexibility index (Phi) is 3.58. The molecule has 78 valence electrons. The van der Waals surface area contributed by atoms with E-state index < -0.39 is 0 Å². The number of hydrogen-bond donors (Lipinski definition) is 2. The number of aliphatic hydroxyl groups is 1. The van der Waals surface area contributed by atoms with E-state index in [9.17, 15) is 4.79 Å². The number of rotatable bonds is 4. The van der Waals surface area contributed by atoms with Crippen LogP contribution in [0, 0.1) is 0 Å². The van der Waals surface area contributed by atoms with E-state index in [1.807, 2.05) is 0 Å². The summed E-state index contributed by atoms with van der Waals surface area (Å²) in [5.74, 6) is -0.120. The third-order valence-corrected chi connectivity index (χ3v) is 1.95. The van der Waals surface area contributed by atoms with Gasteiger partial charge in [-0.25, -0.2) is 4.68 Å². The summed E-state index contributed by atoms with van der Waals surface area (Å²) in [6, 6.07) is -0.375. The molecule has 6 heteroatoms. The third kappa shape index (κ3) is 2.29. The first-order chi connectivity index (χ1) is 6.69. The van der Waals surface area contributed by atoms with Gasteiger partial charge in [-0.3, -0.25) is 4.79 Å². The molecule has 6 nitrogen and oxygen atoms in total. The van der Waals surface area contributed by atoms with Crippen molar-refractivity contribution < 1.29 is 9.90 Å². The Bertz CT molecular complexity index is 310. The van der Waals surface area contributed by atoms with Crippen molar-refractivity contribution in [1.29, 1.82) is 0 Å². The molecule has 14 heavy (non-hydrogen) atoms. The molecule has 1 unspecified atom stereocenters. The van der Waals surface area contributed by atoms with Gasteiger partial charge in [0, 0.05) is 26.3 Å². The second-order valence-electron chi connectivity index (χ2n) is 2.95. The highest BCUT2D eigenvalue weighted by molar-refractivity contribution is 5.79. The van der Waals surface area contributed by atoms with Crippen molar-refractivity contribution in [2.75, 3.05) is 13.7 Å². The van der Waals surface area contributed by atoms with E-state index in [2.05, 4.69) is 15.6 Å². The summed E-state index contributed by atoms with van der Waals surface area (Å²) in [5, 5.41) is 18.8. The zero-order valence-corrected chi connectivity index (χ0v) is 8.27. The predicted molar refractivity (Wildman–Crippen MR) is 49.6 cm³/mol. The molecule has 2 N–H and O–H groups in total. The summed E-state index contributed by atoms with van der Waals surface area (Å²) in [6.07, 6.45) is 2.12. The van der Waals surface area contributed by atoms with E-state index in [-0.39, 0.29) is 18.6 Å². The Balaban J connectivity index is 2.70. The number of hydrogen-bond acceptors (Lipinski definition) is 4. The van der Waals surface area contributed by atoms with Crippen LogP contribution in [0.4, 0.5) is 0 Å². The summed E-state index contributed by atoms with van der Waals surface area (Å²) >= 11 is 0. The Morgan fingerprint density at radius 1 is 1.79 bits per heavy atom. The molecule has 0 bridgehead atoms. The largest absolute Gasteiger partial charge is 0.396 e. The van der Waals surface area contributed by atoms with Crippen LogP contribution in [0.3, 0.4) is 0 Å². The van der Waals surface area contributed by atoms with Crippen molar-refractivity contribution in [1.82, 2.24) is 20.3 Å². The average Bonchev–Trinajstić information content (AvgIpc) is 2.64. The minimum absolute atomic E-state index is 0.0348. The SMILES string of the molecule is CNC(=O)C(C)n1cc(CCO)nn1. The van der Waals surface area contributed by atoms with Crippen molar-refractivity contribution in [3.63, 3.8) is 0 Å². The number of likely N-dealkylation sites (N-methyl/N-ethyl adjacent to an activating group) is 1. The van der Waals surface area contributed by atoms with Gasteiger partial charge < -0.3 is 10.4 Å². The van der Waals surface area contributed by atoms with Crippen LogP contribution >= 0.6 is 0 Å². The first-order valence-electron chi connectivity index (χ1n) is 4.42. The van der Waals surface area contributed by atoms with Gasteiger partial charge in [0.2, 0.25) is 5.91 Å². The molecule has 1 rings (SSSR count). The molecule has 1 amide bonds. The Morgan fingerprint density at radius 2 is 2.50 bits per heavy atom. The molecule has 1 aromatic heterocycles. The summed E-state index contributed by atoms with van der Waals surface area (Å²) in [5.41, 5.74) is 0.684. The number of aromatic nitrogens is 3. The maximum Gasteiger partial charge on any atom is 0.244 e. The van der Waals surface area contributed by atoms with Gasteiger partial charge in [-0.1, -0.05) is 5.21 Å². The molecule has 0 saturated heterocycles. The monoisotopic (exact) mass is 198 g/mol. The molecule has 0 aliphatic heterocycles. The van der Waals surface area contributed by atoms with Crippen molar-refractivity contribution in [2.45, 2.75) is 19.4 Å². The van der Waals surface area contributed by atoms with Crippen molar-refractivity contribution in [3.05, 3.63) is 11.9 Å². The molecule has 0 aliphatic rings. The van der Waals surface area contributed by atoms with E-state index in [0.717, 1.165) is 0 Å². The molecule has 1 heterocycles. The highest BCUT2D eigenvalue weighted by atomic mass is 16.3. The fourth-order valence-electron chi connectivity index (χ4n) is 1.06. The van der Waals surface area contributed by atoms with Crippen molar-refractivity contribution >= 4 is 5.91 Å². The average molecular weight is 198 g/mol. The van der Waals surface area contributed by atoms with Crippen LogP contribution in [0.1, 0.15) is 18.7 Å². The smallest absolute Gasteiger partial charge is 0.244 e. The van der Waals surface area contributed by atoms with Gasteiger partial charge in [-0.05, 0) is 6.92 Å². The minimum Gasteiger partial charge on any atom is -0.396 e. The van der Waals surface area contributed by atoms with E-state index in [1.165, 1.54) is 4.68 Å². The highest BCUT2D eigenvalue weighted by Crippen LogP contribution is 2.04. The summed E-state index contributed by atoms with van der Waals surface area (Å²) in [6.45, 7) is 1.77. The lowest BCUT2D eigenvalue weighted by Crippen LogP contribution is -2.28. The number of amides is 1. The fraction of sp³-hybridized carbons (Fsp3) is 0.625. The van der Waals surface area contributed by atoms with Crippen LogP contribution in [-0.2, 0) is 11.2 Å². The molecule has 0 aliphatic carbocycles. The molecule has 0 radical (unpaired) electrons. The topological polar surface area (TPSA) is 80.0 Å². The Hall–Kier alpha value is -1.43. The van der Waals surface area contributed by atoms with Gasteiger partial charge in [-0.15, -0.1) is 5.10 Å². The van der Waals surface area contributed by atoms with Gasteiger partial charge in [-0.2, -0.15) is 0 Å². The van der Waals surface area contributed by atoms with Gasteiger partial charge >= 0.3 is 0 Å². The third-order valence-electron chi connectivity index (χ3n) is 1.95. The van der Waals surface area contributed by atoms with Gasteiger partial charge in [0.1, 0.15) is 6.04 Å². The number of carbonyl (C=O) groups is 1. The molecule has 0 saturated carbocycles. The number of carbonyl (C=O) groups excluding carboxylic acids is 1. The van der Waals surface area contributed by atoms with Crippen molar-refractivity contribution in [2.24, 2.45) is 0 Å². The normalized spacial score (nSPS) is 12.5. The van der Waals surface area contributed by atoms with Crippen LogP contribution in [0.5, 0.6) is 0 Å². The van der Waals surface area contributed by atoms with Crippen LogP contribution in [-0.4, -0.2) is 39.7 Å². The molecular weight excluding hydrogens is 184 g/mol. The number of nitrogens with one attached hydrogen (secondary N) is 1. The van der Waals surface area contributed by atoms with E-state index in [1.54, 1.807) is 20.2 Å². The molecule has 1 aromatic rings. The van der Waals surface area contributed by atoms with Gasteiger partial charge in [0.15, 0.2) is 0 Å². The second kappa shape index (κ2) is 4.71. The summed E-state index contributed by atoms with van der Waals surface area (Å²) < 4.78 is 1.48. The second-order valence-corrected chi connectivity index (χ2v) is 2.95. The van der Waals surface area contributed by atoms with Gasteiger partial charge in [0.05, 0.1) is 5.69 Å². The van der Waals surface area contributed by atoms with E-state index >= 15 is 0 Å². The number of aliphatic hydroxyl groups excluding tert-OH is 1. The standard InChI is InChI=1S/C8H14N4O2/c1-6(8(14)9-2)12-5-7(3-4-13)10-11-12/h5-6,13H,3-4H2,1-2H3,(H,9,14). The first kappa shape index (κ1) is 10.6. The minimum atomic E-state index is -0.375. The van der Waals surface area contributed by atoms with Crippen molar-refractivity contribution in [3.8, 4) is 0 Å². The van der Waals surface area contributed by atoms with Crippen LogP contribution in [0.25, 0.3) is 0 Å². The molecule has 0 spiro atoms. The quantitative estimate of drug-likeness (QED) is 0.658. The predicted octanol–water partition coefficient (Wildman–Crippen LogP) is -0.880. The summed E-state index contributed by atoms with van der Waals surface area (Å²) in [4.78, 5) is 11.2. The van der Waals surface area contributed by atoms with Gasteiger partial charge in [0.25, 0.3) is 0 Å². The van der Waals surface area contributed by atoms with E-state index in [4.69, 9.17) is 5.11 Å². The summed E-state index contributed by atoms with van der Waals surface area (Å²) in [7, 11) is 1.57. The van der Waals surface area contributed by atoms with Crippen LogP contribution < -0.4 is 5.32 Å². The number of nitrogens with zero attached hydrogens (tertiary/aromatic N) is 3. The van der Waals surface area contributed by atoms with Crippen LogP contribution in [0.15, 0.2) is 6.20 Å². The maximum absolute atomic E-state index is 11.2.